The summed E-state index contributed by atoms with van der Waals surface area (Å²) in [5, 5.41) is 1.43. The molecule has 0 saturated heterocycles. The van der Waals surface area contributed by atoms with Crippen LogP contribution in [0.5, 0.6) is 0 Å². The quantitative estimate of drug-likeness (QED) is 0.765. The van der Waals surface area contributed by atoms with Gasteiger partial charge in [-0.3, -0.25) is 9.59 Å². The fourth-order valence-corrected chi connectivity index (χ4v) is 3.19. The lowest BCUT2D eigenvalue weighted by molar-refractivity contribution is -0.115. The fourth-order valence-electron chi connectivity index (χ4n) is 1.50. The Morgan fingerprint density at radius 1 is 0.900 bits per heavy atom. The van der Waals surface area contributed by atoms with E-state index in [0.29, 0.717) is 21.6 Å². The smallest absolute Gasteiger partial charge is 0.140 e. The maximum Gasteiger partial charge on any atom is 0.140 e. The van der Waals surface area contributed by atoms with Crippen molar-refractivity contribution in [3.05, 3.63) is 24.3 Å². The van der Waals surface area contributed by atoms with Gasteiger partial charge >= 0.3 is 0 Å². The van der Waals surface area contributed by atoms with Crippen LogP contribution in [0.2, 0.25) is 0 Å². The van der Waals surface area contributed by atoms with Crippen molar-refractivity contribution in [2.24, 2.45) is 0 Å². The van der Waals surface area contributed by atoms with Crippen molar-refractivity contribution in [1.29, 1.82) is 0 Å². The lowest BCUT2D eigenvalue weighted by atomic mass is 10.3. The minimum absolute atomic E-state index is 0.0903. The highest BCUT2D eigenvalue weighted by molar-refractivity contribution is 8.02. The largest absolute Gasteiger partial charge is 0.299 e. The topological polar surface area (TPSA) is 59.9 Å². The van der Waals surface area contributed by atoms with Gasteiger partial charge in [-0.25, -0.2) is 9.97 Å². The maximum atomic E-state index is 11.1. The zero-order valence-corrected chi connectivity index (χ0v) is 12.9. The number of benzene rings is 1. The first kappa shape index (κ1) is 15.0. The van der Waals surface area contributed by atoms with Gasteiger partial charge in [0.25, 0.3) is 0 Å². The molecular formula is C14H14N2O2S2. The Balaban J connectivity index is 2.35. The molecule has 20 heavy (non-hydrogen) atoms. The van der Waals surface area contributed by atoms with Crippen molar-refractivity contribution in [2.45, 2.75) is 23.9 Å². The van der Waals surface area contributed by atoms with Gasteiger partial charge < -0.3 is 0 Å². The Kier molecular flexibility index (Phi) is 5.14. The van der Waals surface area contributed by atoms with Crippen LogP contribution in [-0.2, 0) is 9.59 Å². The van der Waals surface area contributed by atoms with Gasteiger partial charge in [0, 0.05) is 0 Å². The van der Waals surface area contributed by atoms with Gasteiger partial charge in [0.1, 0.15) is 21.6 Å². The molecule has 0 unspecified atom stereocenters. The predicted octanol–water partition coefficient (Wildman–Crippen LogP) is 2.99. The van der Waals surface area contributed by atoms with Crippen LogP contribution in [0.15, 0.2) is 34.3 Å². The SMILES string of the molecule is CC(=O)CSc1nc2ccccc2nc1SCC(C)=O. The van der Waals surface area contributed by atoms with Crippen molar-refractivity contribution in [2.75, 3.05) is 11.5 Å². The van der Waals surface area contributed by atoms with Crippen molar-refractivity contribution in [1.82, 2.24) is 9.97 Å². The molecule has 6 heteroatoms. The van der Waals surface area contributed by atoms with E-state index in [9.17, 15) is 9.59 Å². The number of fused-ring (bicyclic) bond motifs is 1. The summed E-state index contributed by atoms with van der Waals surface area (Å²) in [4.78, 5) is 31.3. The number of hydrogen-bond acceptors (Lipinski definition) is 6. The minimum Gasteiger partial charge on any atom is -0.299 e. The van der Waals surface area contributed by atoms with Gasteiger partial charge in [-0.1, -0.05) is 35.7 Å². The number of nitrogens with zero attached hydrogens (tertiary/aromatic N) is 2. The number of carbonyl (C=O) groups excluding carboxylic acids is 2. The van der Waals surface area contributed by atoms with Crippen LogP contribution in [0.4, 0.5) is 0 Å². The molecule has 0 saturated carbocycles. The number of thioether (sulfide) groups is 2. The summed E-state index contributed by atoms with van der Waals surface area (Å²) in [7, 11) is 0. The first-order chi connectivity index (χ1) is 9.56. The Morgan fingerprint density at radius 2 is 1.30 bits per heavy atom. The van der Waals surface area contributed by atoms with Crippen molar-refractivity contribution in [3.8, 4) is 0 Å². The average molecular weight is 306 g/mol. The predicted molar refractivity (Wildman–Crippen MR) is 82.3 cm³/mol. The molecule has 104 valence electrons. The first-order valence-corrected chi connectivity index (χ1v) is 8.04. The number of rotatable bonds is 6. The second-order valence-electron chi connectivity index (χ2n) is 4.30. The minimum atomic E-state index is 0.0903. The fraction of sp³-hybridized carbons (Fsp3) is 0.286. The number of hydrogen-bond donors (Lipinski definition) is 0. The van der Waals surface area contributed by atoms with E-state index in [-0.39, 0.29) is 11.6 Å². The highest BCUT2D eigenvalue weighted by Gasteiger charge is 2.11. The van der Waals surface area contributed by atoms with Crippen molar-refractivity contribution < 1.29 is 9.59 Å². The molecule has 0 amide bonds. The number of ketones is 2. The molecular weight excluding hydrogens is 292 g/mol. The van der Waals surface area contributed by atoms with E-state index in [2.05, 4.69) is 9.97 Å². The zero-order valence-electron chi connectivity index (χ0n) is 11.3. The van der Waals surface area contributed by atoms with Crippen LogP contribution >= 0.6 is 23.5 Å². The summed E-state index contributed by atoms with van der Waals surface area (Å²) in [5.41, 5.74) is 1.59. The van der Waals surface area contributed by atoms with E-state index in [0.717, 1.165) is 11.0 Å². The third-order valence-corrected chi connectivity index (χ3v) is 4.68. The summed E-state index contributed by atoms with van der Waals surface area (Å²) in [5.74, 6) is 0.904. The number of Topliss-reactive ketones (excluding diaryl/α,β-unsaturated/α-hetero) is 2. The summed E-state index contributed by atoms with van der Waals surface area (Å²) >= 11 is 2.73. The van der Waals surface area contributed by atoms with Crippen LogP contribution in [0, 0.1) is 0 Å². The third-order valence-electron chi connectivity index (χ3n) is 2.33. The van der Waals surface area contributed by atoms with E-state index in [1.54, 1.807) is 13.8 Å². The third kappa shape index (κ3) is 4.05. The van der Waals surface area contributed by atoms with Crippen LogP contribution in [0.3, 0.4) is 0 Å². The van der Waals surface area contributed by atoms with Crippen molar-refractivity contribution >= 4 is 46.1 Å². The standard InChI is InChI=1S/C14H14N2O2S2/c1-9(17)7-19-13-14(20-8-10(2)18)16-12-6-4-3-5-11(12)15-13/h3-6H,7-8H2,1-2H3. The molecule has 0 aliphatic heterocycles. The molecule has 0 radical (unpaired) electrons. The second kappa shape index (κ2) is 6.85. The molecule has 4 nitrogen and oxygen atoms in total. The van der Waals surface area contributed by atoms with Crippen molar-refractivity contribution in [3.63, 3.8) is 0 Å². The Bertz CT molecular complexity index is 602. The summed E-state index contributed by atoms with van der Waals surface area (Å²) < 4.78 is 0. The van der Waals surface area contributed by atoms with E-state index < -0.39 is 0 Å². The second-order valence-corrected chi connectivity index (χ2v) is 6.23. The molecule has 0 aliphatic rings. The highest BCUT2D eigenvalue weighted by atomic mass is 32.2. The molecule has 2 rings (SSSR count). The van der Waals surface area contributed by atoms with Crippen LogP contribution in [0.25, 0.3) is 11.0 Å². The molecule has 0 N–H and O–H groups in total. The lowest BCUT2D eigenvalue weighted by Crippen LogP contribution is -2.00. The van der Waals surface area contributed by atoms with E-state index in [4.69, 9.17) is 0 Å². The molecule has 0 fully saturated rings. The van der Waals surface area contributed by atoms with Gasteiger partial charge in [-0.05, 0) is 26.0 Å². The number of aromatic nitrogens is 2. The van der Waals surface area contributed by atoms with Gasteiger partial charge in [-0.2, -0.15) is 0 Å². The number of carbonyl (C=O) groups is 2. The molecule has 0 aliphatic carbocycles. The molecule has 0 atom stereocenters. The normalized spacial score (nSPS) is 10.7. The Hall–Kier alpha value is -1.40. The van der Waals surface area contributed by atoms with Gasteiger partial charge in [0.2, 0.25) is 0 Å². The number of para-hydroxylation sites is 2. The first-order valence-electron chi connectivity index (χ1n) is 6.07. The Morgan fingerprint density at radius 3 is 1.65 bits per heavy atom. The van der Waals surface area contributed by atoms with Gasteiger partial charge in [0.15, 0.2) is 0 Å². The molecule has 1 aromatic heterocycles. The van der Waals surface area contributed by atoms with E-state index in [1.807, 2.05) is 24.3 Å². The maximum absolute atomic E-state index is 11.1. The zero-order chi connectivity index (χ0) is 14.5. The van der Waals surface area contributed by atoms with Crippen LogP contribution < -0.4 is 0 Å². The average Bonchev–Trinajstić information content (AvgIpc) is 2.42. The summed E-state index contributed by atoms with van der Waals surface area (Å²) in [6.07, 6.45) is 0. The molecule has 0 bridgehead atoms. The molecule has 2 aromatic rings. The summed E-state index contributed by atoms with van der Waals surface area (Å²) in [6, 6.07) is 7.58. The van der Waals surface area contributed by atoms with Crippen LogP contribution in [0.1, 0.15) is 13.8 Å². The lowest BCUT2D eigenvalue weighted by Gasteiger charge is -2.07. The molecule has 1 aromatic carbocycles. The van der Waals surface area contributed by atoms with Gasteiger partial charge in [0.05, 0.1) is 22.5 Å². The van der Waals surface area contributed by atoms with E-state index in [1.165, 1.54) is 23.5 Å². The Labute approximate surface area is 125 Å². The molecule has 1 heterocycles. The summed E-state index contributed by atoms with van der Waals surface area (Å²) in [6.45, 7) is 3.09. The van der Waals surface area contributed by atoms with Crippen LogP contribution in [-0.4, -0.2) is 33.0 Å². The monoisotopic (exact) mass is 306 g/mol. The highest BCUT2D eigenvalue weighted by Crippen LogP contribution is 2.29. The molecule has 0 spiro atoms. The van der Waals surface area contributed by atoms with Gasteiger partial charge in [-0.15, -0.1) is 0 Å². The van der Waals surface area contributed by atoms with E-state index >= 15 is 0 Å².